The van der Waals surface area contributed by atoms with E-state index in [0.29, 0.717) is 46.0 Å². The zero-order valence-electron chi connectivity index (χ0n) is 15.1. The van der Waals surface area contributed by atoms with Crippen LogP contribution in [-0.2, 0) is 32.2 Å². The minimum atomic E-state index is -0.459. The van der Waals surface area contributed by atoms with Gasteiger partial charge in [-0.3, -0.25) is 14.5 Å². The van der Waals surface area contributed by atoms with Gasteiger partial charge in [-0.2, -0.15) is 0 Å². The van der Waals surface area contributed by atoms with Crippen LogP contribution >= 0.6 is 0 Å². The van der Waals surface area contributed by atoms with Crippen molar-refractivity contribution in [2.24, 2.45) is 0 Å². The molecule has 3 aliphatic heterocycles. The number of morpholine rings is 1. The van der Waals surface area contributed by atoms with Gasteiger partial charge in [0.2, 0.25) is 11.8 Å². The van der Waals surface area contributed by atoms with Gasteiger partial charge in [0.15, 0.2) is 0 Å². The Balaban J connectivity index is 1.37. The lowest BCUT2D eigenvalue weighted by molar-refractivity contribution is -0.144. The fourth-order valence-corrected chi connectivity index (χ4v) is 3.82. The van der Waals surface area contributed by atoms with Crippen molar-refractivity contribution in [2.75, 3.05) is 39.5 Å². The second kappa shape index (κ2) is 7.56. The topological polar surface area (TPSA) is 79.4 Å². The number of cyclic esters (lactones) is 1. The highest BCUT2D eigenvalue weighted by Crippen LogP contribution is 2.24. The highest BCUT2D eigenvalue weighted by Gasteiger charge is 2.34. The average Bonchev–Trinajstić information content (AvgIpc) is 3.28. The lowest BCUT2D eigenvalue weighted by Crippen LogP contribution is -2.53. The van der Waals surface area contributed by atoms with Crippen molar-refractivity contribution in [2.45, 2.75) is 25.6 Å². The van der Waals surface area contributed by atoms with Crippen molar-refractivity contribution in [1.82, 2.24) is 14.7 Å². The molecule has 1 atom stereocenters. The molecule has 0 saturated carbocycles. The monoisotopic (exact) mass is 373 g/mol. The molecule has 0 unspecified atom stereocenters. The number of ether oxygens (including phenoxy) is 2. The summed E-state index contributed by atoms with van der Waals surface area (Å²) in [5.74, 6) is -0.153. The third-order valence-electron chi connectivity index (χ3n) is 5.32. The molecule has 8 heteroatoms. The number of hydrogen-bond donors (Lipinski definition) is 0. The van der Waals surface area contributed by atoms with Gasteiger partial charge in [-0.15, -0.1) is 0 Å². The first kappa shape index (κ1) is 17.8. The first-order chi connectivity index (χ1) is 13.1. The van der Waals surface area contributed by atoms with Crippen LogP contribution in [0.25, 0.3) is 0 Å². The van der Waals surface area contributed by atoms with Crippen LogP contribution < -0.4 is 0 Å². The molecule has 1 aromatic rings. The minimum Gasteiger partial charge on any atom is -0.448 e. The summed E-state index contributed by atoms with van der Waals surface area (Å²) in [5, 5.41) is 0. The van der Waals surface area contributed by atoms with Crippen LogP contribution in [0, 0.1) is 0 Å². The maximum Gasteiger partial charge on any atom is 0.410 e. The van der Waals surface area contributed by atoms with E-state index in [4.69, 9.17) is 9.47 Å². The van der Waals surface area contributed by atoms with Crippen LogP contribution in [0.2, 0.25) is 0 Å². The molecule has 0 bridgehead atoms. The summed E-state index contributed by atoms with van der Waals surface area (Å²) >= 11 is 0. The van der Waals surface area contributed by atoms with E-state index in [9.17, 15) is 14.4 Å². The number of hydrogen-bond acceptors (Lipinski definition) is 5. The number of carbonyl (C=O) groups excluding carboxylic acids is 3. The summed E-state index contributed by atoms with van der Waals surface area (Å²) in [4.78, 5) is 42.0. The largest absolute Gasteiger partial charge is 0.448 e. The van der Waals surface area contributed by atoms with Gasteiger partial charge in [-0.05, 0) is 11.1 Å². The Morgan fingerprint density at radius 3 is 2.44 bits per heavy atom. The Bertz CT molecular complexity index is 728. The van der Waals surface area contributed by atoms with Crippen molar-refractivity contribution in [3.05, 3.63) is 35.4 Å². The van der Waals surface area contributed by atoms with E-state index in [1.165, 1.54) is 16.0 Å². The summed E-state index contributed by atoms with van der Waals surface area (Å²) in [6.45, 7) is 3.14. The maximum atomic E-state index is 12.8. The molecule has 27 heavy (non-hydrogen) atoms. The molecule has 8 nitrogen and oxygen atoms in total. The molecule has 4 rings (SSSR count). The van der Waals surface area contributed by atoms with Gasteiger partial charge in [0.1, 0.15) is 13.2 Å². The maximum absolute atomic E-state index is 12.8. The smallest absolute Gasteiger partial charge is 0.410 e. The lowest BCUT2D eigenvalue weighted by Gasteiger charge is -2.36. The molecular weight excluding hydrogens is 350 g/mol. The second-order valence-corrected chi connectivity index (χ2v) is 7.07. The Hall–Kier alpha value is -2.61. The van der Waals surface area contributed by atoms with Gasteiger partial charge >= 0.3 is 6.09 Å². The zero-order chi connectivity index (χ0) is 18.8. The van der Waals surface area contributed by atoms with Gasteiger partial charge in [0.05, 0.1) is 25.8 Å². The summed E-state index contributed by atoms with van der Waals surface area (Å²) in [6.07, 6.45) is -0.233. The standard InChI is InChI=1S/C19H23N3O5/c23-17(21-10-14-3-1-2-4-15(14)11-21)9-16-13-26-7-6-22(16)18(24)12-20-5-8-27-19(20)25/h1-4,16H,5-13H2/t16-/m0/s1. The molecule has 1 aromatic carbocycles. The molecular formula is C19H23N3O5. The quantitative estimate of drug-likeness (QED) is 0.772. The molecule has 0 radical (unpaired) electrons. The van der Waals surface area contributed by atoms with Crippen molar-refractivity contribution in [3.8, 4) is 0 Å². The van der Waals surface area contributed by atoms with Crippen molar-refractivity contribution >= 4 is 17.9 Å². The molecule has 2 saturated heterocycles. The van der Waals surface area contributed by atoms with Crippen LogP contribution in [0.3, 0.4) is 0 Å². The van der Waals surface area contributed by atoms with Crippen LogP contribution in [0.5, 0.6) is 0 Å². The number of benzene rings is 1. The Kier molecular flexibility index (Phi) is 4.98. The molecule has 0 aromatic heterocycles. The average molecular weight is 373 g/mol. The van der Waals surface area contributed by atoms with Crippen molar-refractivity contribution in [1.29, 1.82) is 0 Å². The van der Waals surface area contributed by atoms with Crippen LogP contribution in [0.1, 0.15) is 17.5 Å². The highest BCUT2D eigenvalue weighted by molar-refractivity contribution is 5.84. The zero-order valence-corrected chi connectivity index (χ0v) is 15.1. The highest BCUT2D eigenvalue weighted by atomic mass is 16.6. The molecule has 0 N–H and O–H groups in total. The van der Waals surface area contributed by atoms with Crippen LogP contribution in [0.15, 0.2) is 24.3 Å². The Morgan fingerprint density at radius 2 is 1.78 bits per heavy atom. The number of rotatable bonds is 4. The number of nitrogens with zero attached hydrogens (tertiary/aromatic N) is 3. The minimum absolute atomic E-state index is 0.0140. The first-order valence-corrected chi connectivity index (χ1v) is 9.25. The molecule has 0 spiro atoms. The molecule has 3 heterocycles. The first-order valence-electron chi connectivity index (χ1n) is 9.25. The second-order valence-electron chi connectivity index (χ2n) is 7.07. The number of amides is 3. The third-order valence-corrected chi connectivity index (χ3v) is 5.32. The number of carbonyl (C=O) groups is 3. The summed E-state index contributed by atoms with van der Waals surface area (Å²) in [6, 6.07) is 7.73. The molecule has 2 fully saturated rings. The van der Waals surface area contributed by atoms with E-state index >= 15 is 0 Å². The number of fused-ring (bicyclic) bond motifs is 1. The Labute approximate surface area is 157 Å². The van der Waals surface area contributed by atoms with Crippen LogP contribution in [-0.4, -0.2) is 78.1 Å². The predicted octanol–water partition coefficient (Wildman–Crippen LogP) is 0.599. The van der Waals surface area contributed by atoms with Crippen molar-refractivity contribution in [3.63, 3.8) is 0 Å². The molecule has 144 valence electrons. The third kappa shape index (κ3) is 3.75. The fraction of sp³-hybridized carbons (Fsp3) is 0.526. The normalized spacial score (nSPS) is 22.0. The van der Waals surface area contributed by atoms with E-state index in [2.05, 4.69) is 0 Å². The van der Waals surface area contributed by atoms with Gasteiger partial charge in [-0.25, -0.2) is 4.79 Å². The summed E-state index contributed by atoms with van der Waals surface area (Å²) < 4.78 is 10.4. The van der Waals surface area contributed by atoms with E-state index < -0.39 is 6.09 Å². The van der Waals surface area contributed by atoms with Gasteiger partial charge in [0.25, 0.3) is 0 Å². The summed E-state index contributed by atoms with van der Waals surface area (Å²) in [5.41, 5.74) is 2.34. The predicted molar refractivity (Wildman–Crippen MR) is 94.6 cm³/mol. The van der Waals surface area contributed by atoms with E-state index in [1.54, 1.807) is 4.90 Å². The van der Waals surface area contributed by atoms with E-state index in [0.717, 1.165) is 0 Å². The molecule has 0 aliphatic carbocycles. The van der Waals surface area contributed by atoms with Crippen molar-refractivity contribution < 1.29 is 23.9 Å². The Morgan fingerprint density at radius 1 is 1.04 bits per heavy atom. The molecule has 3 amide bonds. The SMILES string of the molecule is O=C(C[C@H]1COCCN1C(=O)CN1CCOC1=O)N1Cc2ccccc2C1. The lowest BCUT2D eigenvalue weighted by atomic mass is 10.1. The van der Waals surface area contributed by atoms with E-state index in [-0.39, 0.29) is 30.8 Å². The van der Waals surface area contributed by atoms with E-state index in [1.807, 2.05) is 29.2 Å². The van der Waals surface area contributed by atoms with Gasteiger partial charge in [0, 0.05) is 26.1 Å². The van der Waals surface area contributed by atoms with Gasteiger partial charge < -0.3 is 19.3 Å². The van der Waals surface area contributed by atoms with Crippen LogP contribution in [0.4, 0.5) is 4.79 Å². The van der Waals surface area contributed by atoms with Gasteiger partial charge in [-0.1, -0.05) is 24.3 Å². The molecule has 3 aliphatic rings. The summed E-state index contributed by atoms with van der Waals surface area (Å²) in [7, 11) is 0. The fourth-order valence-electron chi connectivity index (χ4n) is 3.82.